The SMILES string of the molecule is C=CCN(C(=O)c1c(C)cccc1N)C(C)(C)C. The summed E-state index contributed by atoms with van der Waals surface area (Å²) in [7, 11) is 0. The quantitative estimate of drug-likeness (QED) is 0.658. The van der Waals surface area contributed by atoms with Gasteiger partial charge in [-0.25, -0.2) is 0 Å². The molecule has 1 aromatic rings. The van der Waals surface area contributed by atoms with E-state index in [0.29, 0.717) is 17.8 Å². The van der Waals surface area contributed by atoms with E-state index in [1.165, 1.54) is 0 Å². The molecule has 18 heavy (non-hydrogen) atoms. The van der Waals surface area contributed by atoms with Crippen LogP contribution >= 0.6 is 0 Å². The van der Waals surface area contributed by atoms with Gasteiger partial charge in [-0.3, -0.25) is 4.79 Å². The number of nitrogens with two attached hydrogens (primary N) is 1. The number of carbonyl (C=O) groups excluding carboxylic acids is 1. The zero-order chi connectivity index (χ0) is 13.9. The molecule has 0 aliphatic heterocycles. The van der Waals surface area contributed by atoms with E-state index in [1.54, 1.807) is 17.0 Å². The molecule has 3 nitrogen and oxygen atoms in total. The summed E-state index contributed by atoms with van der Waals surface area (Å²) in [4.78, 5) is 14.4. The van der Waals surface area contributed by atoms with Crippen LogP contribution in [0, 0.1) is 6.92 Å². The number of benzene rings is 1. The number of rotatable bonds is 3. The maximum atomic E-state index is 12.6. The van der Waals surface area contributed by atoms with E-state index in [9.17, 15) is 4.79 Å². The predicted molar refractivity (Wildman–Crippen MR) is 76.6 cm³/mol. The normalized spacial score (nSPS) is 11.1. The number of hydrogen-bond acceptors (Lipinski definition) is 2. The van der Waals surface area contributed by atoms with Gasteiger partial charge in [0.15, 0.2) is 0 Å². The van der Waals surface area contributed by atoms with Crippen molar-refractivity contribution in [2.75, 3.05) is 12.3 Å². The fourth-order valence-electron chi connectivity index (χ4n) is 1.91. The van der Waals surface area contributed by atoms with Crippen molar-refractivity contribution in [2.24, 2.45) is 0 Å². The van der Waals surface area contributed by atoms with Crippen molar-refractivity contribution < 1.29 is 4.79 Å². The van der Waals surface area contributed by atoms with Gasteiger partial charge in [-0.1, -0.05) is 18.2 Å². The van der Waals surface area contributed by atoms with Gasteiger partial charge in [0.1, 0.15) is 0 Å². The lowest BCUT2D eigenvalue weighted by Gasteiger charge is -2.35. The largest absolute Gasteiger partial charge is 0.398 e. The van der Waals surface area contributed by atoms with E-state index in [1.807, 2.05) is 39.8 Å². The third kappa shape index (κ3) is 2.92. The number of nitrogen functional groups attached to an aromatic ring is 1. The molecule has 0 spiro atoms. The topological polar surface area (TPSA) is 46.3 Å². The van der Waals surface area contributed by atoms with Crippen molar-refractivity contribution in [3.63, 3.8) is 0 Å². The molecule has 1 rings (SSSR count). The van der Waals surface area contributed by atoms with Gasteiger partial charge in [0, 0.05) is 17.8 Å². The van der Waals surface area contributed by atoms with Crippen LogP contribution in [0.3, 0.4) is 0 Å². The third-order valence-electron chi connectivity index (χ3n) is 2.89. The molecule has 98 valence electrons. The molecule has 0 aliphatic carbocycles. The summed E-state index contributed by atoms with van der Waals surface area (Å²) in [5, 5.41) is 0. The summed E-state index contributed by atoms with van der Waals surface area (Å²) >= 11 is 0. The highest BCUT2D eigenvalue weighted by Gasteiger charge is 2.28. The van der Waals surface area contributed by atoms with Gasteiger partial charge >= 0.3 is 0 Å². The van der Waals surface area contributed by atoms with Gasteiger partial charge in [-0.15, -0.1) is 6.58 Å². The van der Waals surface area contributed by atoms with Crippen molar-refractivity contribution in [1.29, 1.82) is 0 Å². The number of amides is 1. The number of anilines is 1. The van der Waals surface area contributed by atoms with Crippen molar-refractivity contribution in [2.45, 2.75) is 33.2 Å². The van der Waals surface area contributed by atoms with Crippen molar-refractivity contribution >= 4 is 11.6 Å². The fraction of sp³-hybridized carbons (Fsp3) is 0.400. The molecular weight excluding hydrogens is 224 g/mol. The van der Waals surface area contributed by atoms with Crippen LogP contribution in [-0.4, -0.2) is 22.9 Å². The summed E-state index contributed by atoms with van der Waals surface area (Å²) < 4.78 is 0. The lowest BCUT2D eigenvalue weighted by Crippen LogP contribution is -2.46. The average molecular weight is 246 g/mol. The van der Waals surface area contributed by atoms with Crippen LogP contribution in [0.15, 0.2) is 30.9 Å². The van der Waals surface area contributed by atoms with E-state index in [2.05, 4.69) is 6.58 Å². The Morgan fingerprint density at radius 1 is 1.44 bits per heavy atom. The predicted octanol–water partition coefficient (Wildman–Crippen LogP) is 3.00. The second-order valence-electron chi connectivity index (χ2n) is 5.41. The average Bonchev–Trinajstić information content (AvgIpc) is 2.23. The Kier molecular flexibility index (Phi) is 4.17. The summed E-state index contributed by atoms with van der Waals surface area (Å²) in [6.07, 6.45) is 1.73. The van der Waals surface area contributed by atoms with Crippen LogP contribution in [0.25, 0.3) is 0 Å². The highest BCUT2D eigenvalue weighted by Crippen LogP contribution is 2.23. The summed E-state index contributed by atoms with van der Waals surface area (Å²) in [5.41, 5.74) is 7.68. The zero-order valence-corrected chi connectivity index (χ0v) is 11.7. The minimum Gasteiger partial charge on any atom is -0.398 e. The fourth-order valence-corrected chi connectivity index (χ4v) is 1.91. The first-order valence-electron chi connectivity index (χ1n) is 6.07. The van der Waals surface area contributed by atoms with Gasteiger partial charge in [-0.2, -0.15) is 0 Å². The highest BCUT2D eigenvalue weighted by molar-refractivity contribution is 6.01. The Morgan fingerprint density at radius 2 is 2.06 bits per heavy atom. The molecule has 1 aromatic carbocycles. The summed E-state index contributed by atoms with van der Waals surface area (Å²) in [5.74, 6) is -0.0435. The Bertz CT molecular complexity index is 438. The molecular formula is C15H22N2O. The standard InChI is InChI=1S/C15H22N2O/c1-6-10-17(15(3,4)5)14(18)13-11(2)8-7-9-12(13)16/h6-9H,1,10,16H2,2-5H3. The lowest BCUT2D eigenvalue weighted by molar-refractivity contribution is 0.0617. The van der Waals surface area contributed by atoms with Crippen molar-refractivity contribution in [1.82, 2.24) is 4.90 Å². The summed E-state index contributed by atoms with van der Waals surface area (Å²) in [6.45, 7) is 12.1. The van der Waals surface area contributed by atoms with Crippen LogP contribution < -0.4 is 5.73 Å². The molecule has 0 unspecified atom stereocenters. The first-order chi connectivity index (χ1) is 8.29. The summed E-state index contributed by atoms with van der Waals surface area (Å²) in [6, 6.07) is 5.52. The molecule has 0 fully saturated rings. The molecule has 2 N–H and O–H groups in total. The van der Waals surface area contributed by atoms with Crippen molar-refractivity contribution in [3.8, 4) is 0 Å². The minimum absolute atomic E-state index is 0.0435. The van der Waals surface area contributed by atoms with Gasteiger partial charge in [0.25, 0.3) is 5.91 Å². The van der Waals surface area contributed by atoms with E-state index in [-0.39, 0.29) is 11.4 Å². The number of aryl methyl sites for hydroxylation is 1. The molecule has 0 bridgehead atoms. The van der Waals surface area contributed by atoms with Gasteiger partial charge in [0.2, 0.25) is 0 Å². The van der Waals surface area contributed by atoms with Crippen LogP contribution in [0.1, 0.15) is 36.7 Å². The molecule has 1 amide bonds. The Morgan fingerprint density at radius 3 is 2.50 bits per heavy atom. The van der Waals surface area contributed by atoms with E-state index >= 15 is 0 Å². The highest BCUT2D eigenvalue weighted by atomic mass is 16.2. The smallest absolute Gasteiger partial charge is 0.256 e. The zero-order valence-electron chi connectivity index (χ0n) is 11.7. The van der Waals surface area contributed by atoms with E-state index in [0.717, 1.165) is 5.56 Å². The Hall–Kier alpha value is -1.77. The first kappa shape index (κ1) is 14.3. The second-order valence-corrected chi connectivity index (χ2v) is 5.41. The Labute approximate surface area is 109 Å². The van der Waals surface area contributed by atoms with Crippen molar-refractivity contribution in [3.05, 3.63) is 42.0 Å². The third-order valence-corrected chi connectivity index (χ3v) is 2.89. The maximum Gasteiger partial charge on any atom is 0.256 e. The molecule has 0 aromatic heterocycles. The molecule has 0 saturated heterocycles. The molecule has 0 saturated carbocycles. The monoisotopic (exact) mass is 246 g/mol. The Balaban J connectivity index is 3.22. The lowest BCUT2D eigenvalue weighted by atomic mass is 10.0. The van der Waals surface area contributed by atoms with E-state index < -0.39 is 0 Å². The second kappa shape index (κ2) is 5.25. The molecule has 0 atom stereocenters. The number of nitrogens with zero attached hydrogens (tertiary/aromatic N) is 1. The van der Waals surface area contributed by atoms with Gasteiger partial charge in [0.05, 0.1) is 5.56 Å². The molecule has 0 aliphatic rings. The maximum absolute atomic E-state index is 12.6. The minimum atomic E-state index is -0.264. The number of hydrogen-bond donors (Lipinski definition) is 1. The van der Waals surface area contributed by atoms with Gasteiger partial charge in [-0.05, 0) is 39.3 Å². The number of carbonyl (C=O) groups is 1. The van der Waals surface area contributed by atoms with Crippen LogP contribution in [0.5, 0.6) is 0 Å². The van der Waals surface area contributed by atoms with Crippen LogP contribution in [-0.2, 0) is 0 Å². The molecule has 0 heterocycles. The molecule has 0 radical (unpaired) electrons. The van der Waals surface area contributed by atoms with Crippen LogP contribution in [0.2, 0.25) is 0 Å². The van der Waals surface area contributed by atoms with Gasteiger partial charge < -0.3 is 10.6 Å². The van der Waals surface area contributed by atoms with Crippen LogP contribution in [0.4, 0.5) is 5.69 Å². The van der Waals surface area contributed by atoms with E-state index in [4.69, 9.17) is 5.73 Å². The molecule has 3 heteroatoms. The first-order valence-corrected chi connectivity index (χ1v) is 6.07.